The molecule has 4 aromatic heterocycles. The van der Waals surface area contributed by atoms with Crippen LogP contribution in [0.3, 0.4) is 0 Å². The maximum atomic E-state index is 6.02. The van der Waals surface area contributed by atoms with E-state index in [9.17, 15) is 0 Å². The minimum Gasteiger partial charge on any atom is -0.499 e. The van der Waals surface area contributed by atoms with Crippen molar-refractivity contribution in [2.24, 2.45) is 0 Å². The molecule has 0 bridgehead atoms. The Balaban J connectivity index is 0.000000157. The summed E-state index contributed by atoms with van der Waals surface area (Å²) in [5.74, 6) is 0. The van der Waals surface area contributed by atoms with Crippen molar-refractivity contribution in [3.05, 3.63) is 113 Å². The number of pyridine rings is 3. The molecular formula is C34H29IrN3O-2. The summed E-state index contributed by atoms with van der Waals surface area (Å²) in [7, 11) is 0. The molecule has 0 saturated heterocycles. The Bertz CT molecular complexity index is 1820. The molecule has 0 amide bonds. The Morgan fingerprint density at radius 3 is 2.51 bits per heavy atom. The fourth-order valence-electron chi connectivity index (χ4n) is 5.40. The van der Waals surface area contributed by atoms with Crippen molar-refractivity contribution in [2.75, 3.05) is 0 Å². The number of nitrogens with zero attached hydrogens (tertiary/aromatic N) is 3. The molecular weight excluding hydrogens is 659 g/mol. The topological polar surface area (TPSA) is 51.8 Å². The second kappa shape index (κ2) is 10.5. The van der Waals surface area contributed by atoms with E-state index in [0.717, 1.165) is 50.9 Å². The summed E-state index contributed by atoms with van der Waals surface area (Å²) in [6.07, 6.45) is 8.46. The minimum absolute atomic E-state index is 0. The molecule has 2 aromatic carbocycles. The van der Waals surface area contributed by atoms with Crippen LogP contribution in [0.4, 0.5) is 0 Å². The normalized spacial score (nSPS) is 12.8. The Labute approximate surface area is 242 Å². The molecule has 1 aliphatic carbocycles. The molecule has 1 radical (unpaired) electrons. The van der Waals surface area contributed by atoms with Crippen LogP contribution >= 0.6 is 0 Å². The molecule has 4 nitrogen and oxygen atoms in total. The fourth-order valence-corrected chi connectivity index (χ4v) is 5.40. The first kappa shape index (κ1) is 26.9. The molecule has 4 heterocycles. The summed E-state index contributed by atoms with van der Waals surface area (Å²) in [6, 6.07) is 23.1. The van der Waals surface area contributed by atoms with E-state index < -0.39 is 0 Å². The van der Waals surface area contributed by atoms with Crippen molar-refractivity contribution in [1.29, 1.82) is 0 Å². The van der Waals surface area contributed by atoms with E-state index in [1.807, 2.05) is 55.8 Å². The van der Waals surface area contributed by atoms with Gasteiger partial charge in [-0.2, -0.15) is 0 Å². The monoisotopic (exact) mass is 688 g/mol. The number of hydrogen-bond acceptors (Lipinski definition) is 4. The van der Waals surface area contributed by atoms with Gasteiger partial charge in [-0.25, -0.2) is 0 Å². The number of rotatable bonds is 2. The Hall–Kier alpha value is -3.66. The second-order valence-electron chi connectivity index (χ2n) is 10.4. The van der Waals surface area contributed by atoms with Crippen LogP contribution in [0.1, 0.15) is 48.6 Å². The Kier molecular flexibility index (Phi) is 7.24. The van der Waals surface area contributed by atoms with Gasteiger partial charge in [0.05, 0.1) is 11.8 Å². The summed E-state index contributed by atoms with van der Waals surface area (Å²) >= 11 is 0. The number of furan rings is 1. The van der Waals surface area contributed by atoms with Gasteiger partial charge >= 0.3 is 0 Å². The summed E-state index contributed by atoms with van der Waals surface area (Å²) < 4.78 is 6.02. The van der Waals surface area contributed by atoms with Gasteiger partial charge in [0.2, 0.25) is 0 Å². The van der Waals surface area contributed by atoms with Gasteiger partial charge in [0.15, 0.2) is 0 Å². The number of benzene rings is 2. The summed E-state index contributed by atoms with van der Waals surface area (Å²) in [5.41, 5.74) is 12.0. The third-order valence-corrected chi connectivity index (χ3v) is 7.50. The molecule has 1 aliphatic rings. The van der Waals surface area contributed by atoms with Gasteiger partial charge in [0.1, 0.15) is 5.58 Å². The molecule has 0 unspecified atom stereocenters. The Morgan fingerprint density at radius 2 is 1.72 bits per heavy atom. The summed E-state index contributed by atoms with van der Waals surface area (Å²) in [6.45, 7) is 10.8. The largest absolute Gasteiger partial charge is 0.499 e. The van der Waals surface area contributed by atoms with Crippen LogP contribution < -0.4 is 0 Å². The van der Waals surface area contributed by atoms with E-state index in [1.54, 1.807) is 6.20 Å². The maximum absolute atomic E-state index is 6.02. The molecule has 0 N–H and O–H groups in total. The molecule has 197 valence electrons. The Morgan fingerprint density at radius 1 is 0.897 bits per heavy atom. The van der Waals surface area contributed by atoms with Crippen LogP contribution in [0.5, 0.6) is 0 Å². The number of aromatic nitrogens is 3. The average molecular weight is 688 g/mol. The molecule has 6 aromatic rings. The number of hydrogen-bond donors (Lipinski definition) is 0. The van der Waals surface area contributed by atoms with Gasteiger partial charge in [-0.15, -0.1) is 53.6 Å². The summed E-state index contributed by atoms with van der Waals surface area (Å²) in [5, 5.41) is 2.20. The van der Waals surface area contributed by atoms with E-state index >= 15 is 0 Å². The minimum atomic E-state index is 0. The first-order valence-corrected chi connectivity index (χ1v) is 13.0. The van der Waals surface area contributed by atoms with Crippen molar-refractivity contribution >= 4 is 21.9 Å². The first-order valence-electron chi connectivity index (χ1n) is 13.0. The van der Waals surface area contributed by atoms with Gasteiger partial charge in [-0.1, -0.05) is 55.0 Å². The molecule has 0 atom stereocenters. The SMILES string of the molecule is CCc1cnc2c(c1)C(C)(C)c1ccc[c-]c1-2.Cc1ccnc(-c2[c-]ccc3c2oc2cncc(C)c23)c1.[Ir]. The van der Waals surface area contributed by atoms with Gasteiger partial charge in [-0.05, 0) is 54.3 Å². The number of aryl methyl sites for hydroxylation is 3. The van der Waals surface area contributed by atoms with Crippen LogP contribution in [-0.4, -0.2) is 15.0 Å². The second-order valence-corrected chi connectivity index (χ2v) is 10.4. The maximum Gasteiger partial charge on any atom is 0.139 e. The van der Waals surface area contributed by atoms with Crippen molar-refractivity contribution in [3.63, 3.8) is 0 Å². The average Bonchev–Trinajstić information content (AvgIpc) is 3.43. The zero-order valence-corrected chi connectivity index (χ0v) is 25.1. The van der Waals surface area contributed by atoms with Gasteiger partial charge in [-0.3, -0.25) is 4.98 Å². The quantitative estimate of drug-likeness (QED) is 0.172. The van der Waals surface area contributed by atoms with Crippen LogP contribution in [0.25, 0.3) is 44.5 Å². The summed E-state index contributed by atoms with van der Waals surface area (Å²) in [4.78, 5) is 13.3. The van der Waals surface area contributed by atoms with Crippen LogP contribution in [0.2, 0.25) is 0 Å². The van der Waals surface area contributed by atoms with Crippen molar-refractivity contribution in [1.82, 2.24) is 15.0 Å². The third-order valence-electron chi connectivity index (χ3n) is 7.50. The van der Waals surface area contributed by atoms with Crippen LogP contribution in [0, 0.1) is 26.0 Å². The van der Waals surface area contributed by atoms with Crippen molar-refractivity contribution in [2.45, 2.75) is 46.5 Å². The van der Waals surface area contributed by atoms with Gasteiger partial charge in [0.25, 0.3) is 0 Å². The standard InChI is InChI=1S/C18H13N2O.C16H16N.Ir/c1-11-6-7-20-15(8-11)13-4-3-5-14-17-12(2)9-19-10-16(17)21-18(13)14;1-4-11-9-14-15(17-10-11)12-7-5-6-8-13(12)16(14,2)3;/h3,5-10H,1-2H3;5-6,8-10H,4H2,1-3H3;/q2*-1;. The van der Waals surface area contributed by atoms with E-state index in [1.165, 1.54) is 27.8 Å². The molecule has 0 fully saturated rings. The third kappa shape index (κ3) is 4.60. The molecule has 7 rings (SSSR count). The predicted molar refractivity (Wildman–Crippen MR) is 153 cm³/mol. The first-order chi connectivity index (χ1) is 18.4. The smallest absolute Gasteiger partial charge is 0.139 e. The molecule has 0 aliphatic heterocycles. The van der Waals surface area contributed by atoms with Crippen LogP contribution in [-0.2, 0) is 31.9 Å². The molecule has 0 spiro atoms. The van der Waals surface area contributed by atoms with E-state index in [0.29, 0.717) is 0 Å². The molecule has 0 saturated carbocycles. The van der Waals surface area contributed by atoms with Crippen LogP contribution in [0.15, 0.2) is 77.7 Å². The molecule has 5 heteroatoms. The number of fused-ring (bicyclic) bond motifs is 6. The van der Waals surface area contributed by atoms with E-state index in [2.05, 4.69) is 73.0 Å². The molecule has 39 heavy (non-hydrogen) atoms. The van der Waals surface area contributed by atoms with Crippen molar-refractivity contribution < 1.29 is 24.5 Å². The van der Waals surface area contributed by atoms with Gasteiger partial charge in [0, 0.05) is 44.1 Å². The van der Waals surface area contributed by atoms with E-state index in [-0.39, 0.29) is 25.5 Å². The zero-order chi connectivity index (χ0) is 26.4. The van der Waals surface area contributed by atoms with E-state index in [4.69, 9.17) is 4.42 Å². The predicted octanol–water partition coefficient (Wildman–Crippen LogP) is 8.21. The fraction of sp³-hybridized carbons (Fsp3) is 0.206. The van der Waals surface area contributed by atoms with Gasteiger partial charge < -0.3 is 14.4 Å². The van der Waals surface area contributed by atoms with Crippen molar-refractivity contribution in [3.8, 4) is 22.5 Å². The zero-order valence-electron chi connectivity index (χ0n) is 22.7.